The summed E-state index contributed by atoms with van der Waals surface area (Å²) >= 11 is 0. The van der Waals surface area contributed by atoms with Crippen molar-refractivity contribution in [1.82, 2.24) is 4.98 Å². The molecule has 0 atom stereocenters. The molecular weight excluding hydrogens is 524 g/mol. The number of carboxylic acids is 1. The molecule has 212 valence electrons. The summed E-state index contributed by atoms with van der Waals surface area (Å²) in [5, 5.41) is 9.36. The van der Waals surface area contributed by atoms with Gasteiger partial charge >= 0.3 is 5.97 Å². The smallest absolute Gasteiger partial charge is 0.303 e. The third-order valence-corrected chi connectivity index (χ3v) is 7.92. The zero-order chi connectivity index (χ0) is 28.9. The maximum absolute atomic E-state index is 11.4. The van der Waals surface area contributed by atoms with Gasteiger partial charge in [0.1, 0.15) is 11.5 Å². The molecular formula is C36H34N2O4. The van der Waals surface area contributed by atoms with Gasteiger partial charge in [-0.05, 0) is 72.4 Å². The number of carboxylic acid groups (broad SMARTS) is 1. The number of oxazole rings is 1. The molecule has 6 heteroatoms. The maximum atomic E-state index is 11.4. The Morgan fingerprint density at radius 1 is 0.857 bits per heavy atom. The first kappa shape index (κ1) is 27.3. The summed E-state index contributed by atoms with van der Waals surface area (Å²) in [5.41, 5.74) is 8.82. The topological polar surface area (TPSA) is 75.8 Å². The van der Waals surface area contributed by atoms with E-state index in [-0.39, 0.29) is 6.42 Å². The molecule has 0 saturated carbocycles. The number of hydrogen-bond donors (Lipinski definition) is 1. The van der Waals surface area contributed by atoms with Crippen LogP contribution >= 0.6 is 0 Å². The van der Waals surface area contributed by atoms with Crippen molar-refractivity contribution in [3.63, 3.8) is 0 Å². The Labute approximate surface area is 246 Å². The molecule has 5 aromatic rings. The van der Waals surface area contributed by atoms with E-state index < -0.39 is 5.97 Å². The van der Waals surface area contributed by atoms with E-state index in [9.17, 15) is 9.90 Å². The minimum atomic E-state index is -0.786. The Hall–Kier alpha value is -4.84. The Balaban J connectivity index is 1.19. The highest BCUT2D eigenvalue weighted by Gasteiger charge is 2.23. The first-order valence-electron chi connectivity index (χ1n) is 14.5. The summed E-state index contributed by atoms with van der Waals surface area (Å²) < 4.78 is 12.3. The van der Waals surface area contributed by atoms with Gasteiger partial charge in [-0.3, -0.25) is 4.79 Å². The molecule has 0 radical (unpaired) electrons. The summed E-state index contributed by atoms with van der Waals surface area (Å²) in [7, 11) is 0. The van der Waals surface area contributed by atoms with E-state index in [0.717, 1.165) is 53.5 Å². The molecule has 4 aromatic carbocycles. The van der Waals surface area contributed by atoms with E-state index in [4.69, 9.17) is 14.1 Å². The van der Waals surface area contributed by atoms with Crippen LogP contribution in [0.3, 0.4) is 0 Å². The van der Waals surface area contributed by atoms with Gasteiger partial charge in [0.05, 0.1) is 12.3 Å². The summed E-state index contributed by atoms with van der Waals surface area (Å²) in [6.45, 7) is 4.00. The molecule has 0 saturated heterocycles. The first-order valence-corrected chi connectivity index (χ1v) is 14.5. The van der Waals surface area contributed by atoms with Crippen LogP contribution in [0.1, 0.15) is 34.6 Å². The fraction of sp³-hybridized carbons (Fsp3) is 0.222. The molecule has 1 aromatic heterocycles. The van der Waals surface area contributed by atoms with Crippen LogP contribution in [0.4, 0.5) is 5.69 Å². The number of benzene rings is 4. The second-order valence-electron chi connectivity index (χ2n) is 10.6. The molecule has 0 unspecified atom stereocenters. The predicted molar refractivity (Wildman–Crippen MR) is 165 cm³/mol. The monoisotopic (exact) mass is 558 g/mol. The van der Waals surface area contributed by atoms with Crippen molar-refractivity contribution in [3.8, 4) is 28.3 Å². The number of nitrogens with zero attached hydrogens (tertiary/aromatic N) is 2. The van der Waals surface area contributed by atoms with Gasteiger partial charge in [0.15, 0.2) is 0 Å². The number of aromatic nitrogens is 1. The van der Waals surface area contributed by atoms with Crippen molar-refractivity contribution in [3.05, 3.63) is 125 Å². The number of carbonyl (C=O) groups is 1. The molecule has 1 aliphatic rings. The van der Waals surface area contributed by atoms with E-state index in [0.29, 0.717) is 25.3 Å². The number of aliphatic carboxylic acids is 1. The quantitative estimate of drug-likeness (QED) is 0.191. The Morgan fingerprint density at radius 2 is 1.55 bits per heavy atom. The van der Waals surface area contributed by atoms with Crippen molar-refractivity contribution >= 4 is 11.7 Å². The van der Waals surface area contributed by atoms with Gasteiger partial charge in [-0.25, -0.2) is 4.98 Å². The van der Waals surface area contributed by atoms with Gasteiger partial charge < -0.3 is 19.2 Å². The summed E-state index contributed by atoms with van der Waals surface area (Å²) in [5.74, 6) is 1.51. The summed E-state index contributed by atoms with van der Waals surface area (Å²) in [4.78, 5) is 18.5. The standard InChI is InChI=1S/C36H34N2O4/c1-25-33(37-36(42-25)29-10-6-3-7-11-29)21-23-41-34-18-14-28(15-19-35(39)40)32-24-38(22-20-31(32)34)30-16-12-27(13-17-30)26-8-4-2-5-9-26/h2-14,16-18H,15,19-24H2,1H3,(H,39,40). The van der Waals surface area contributed by atoms with Crippen LogP contribution in [0.5, 0.6) is 5.75 Å². The Morgan fingerprint density at radius 3 is 2.26 bits per heavy atom. The molecule has 0 amide bonds. The average Bonchev–Trinajstić information content (AvgIpc) is 3.41. The Bertz CT molecular complexity index is 1660. The summed E-state index contributed by atoms with van der Waals surface area (Å²) in [6.07, 6.45) is 2.07. The second-order valence-corrected chi connectivity index (χ2v) is 10.6. The molecule has 0 fully saturated rings. The van der Waals surface area contributed by atoms with Crippen molar-refractivity contribution in [2.45, 2.75) is 39.2 Å². The highest BCUT2D eigenvalue weighted by Crippen LogP contribution is 2.34. The lowest BCUT2D eigenvalue weighted by Crippen LogP contribution is -2.31. The molecule has 0 spiro atoms. The van der Waals surface area contributed by atoms with Gasteiger partial charge in [0.25, 0.3) is 0 Å². The number of hydrogen-bond acceptors (Lipinski definition) is 5. The molecule has 42 heavy (non-hydrogen) atoms. The molecule has 0 bridgehead atoms. The fourth-order valence-corrected chi connectivity index (χ4v) is 5.66. The van der Waals surface area contributed by atoms with Gasteiger partial charge in [-0.15, -0.1) is 0 Å². The SMILES string of the molecule is Cc1oc(-c2ccccc2)nc1CCOc1ccc(CCC(=O)O)c2c1CCN(c1ccc(-c3ccccc3)cc1)C2. The molecule has 1 N–H and O–H groups in total. The zero-order valence-electron chi connectivity index (χ0n) is 23.8. The molecule has 0 aliphatic carbocycles. The Kier molecular flexibility index (Phi) is 8.04. The van der Waals surface area contributed by atoms with Crippen LogP contribution in [0.25, 0.3) is 22.6 Å². The van der Waals surface area contributed by atoms with Crippen molar-refractivity contribution in [1.29, 1.82) is 0 Å². The minimum Gasteiger partial charge on any atom is -0.493 e. The number of aryl methyl sites for hydroxylation is 2. The third-order valence-electron chi connectivity index (χ3n) is 7.92. The molecule has 6 rings (SSSR count). The number of rotatable bonds is 10. The normalized spacial score (nSPS) is 12.6. The number of ether oxygens (including phenoxy) is 1. The number of fused-ring (bicyclic) bond motifs is 1. The van der Waals surface area contributed by atoms with Crippen molar-refractivity contribution in [2.24, 2.45) is 0 Å². The van der Waals surface area contributed by atoms with Crippen molar-refractivity contribution < 1.29 is 19.1 Å². The lowest BCUT2D eigenvalue weighted by molar-refractivity contribution is -0.136. The highest BCUT2D eigenvalue weighted by molar-refractivity contribution is 5.68. The average molecular weight is 559 g/mol. The second kappa shape index (κ2) is 12.4. The van der Waals surface area contributed by atoms with Gasteiger partial charge in [0, 0.05) is 42.7 Å². The van der Waals surface area contributed by atoms with E-state index >= 15 is 0 Å². The van der Waals surface area contributed by atoms with Crippen LogP contribution in [0.15, 0.2) is 101 Å². The predicted octanol–water partition coefficient (Wildman–Crippen LogP) is 7.52. The fourth-order valence-electron chi connectivity index (χ4n) is 5.66. The van der Waals surface area contributed by atoms with E-state index in [2.05, 4.69) is 53.4 Å². The molecule has 2 heterocycles. The van der Waals surface area contributed by atoms with Crippen LogP contribution in [-0.2, 0) is 30.6 Å². The maximum Gasteiger partial charge on any atom is 0.303 e. The molecule has 6 nitrogen and oxygen atoms in total. The van der Waals surface area contributed by atoms with E-state index in [1.54, 1.807) is 0 Å². The highest BCUT2D eigenvalue weighted by atomic mass is 16.5. The lowest BCUT2D eigenvalue weighted by atomic mass is 9.91. The largest absolute Gasteiger partial charge is 0.493 e. The summed E-state index contributed by atoms with van der Waals surface area (Å²) in [6, 6.07) is 33.0. The van der Waals surface area contributed by atoms with Gasteiger partial charge in [-0.2, -0.15) is 0 Å². The number of anilines is 1. The van der Waals surface area contributed by atoms with E-state index in [1.807, 2.05) is 55.5 Å². The van der Waals surface area contributed by atoms with Crippen LogP contribution in [0, 0.1) is 6.92 Å². The van der Waals surface area contributed by atoms with Gasteiger partial charge in [0.2, 0.25) is 5.89 Å². The third kappa shape index (κ3) is 6.08. The zero-order valence-corrected chi connectivity index (χ0v) is 23.8. The lowest BCUT2D eigenvalue weighted by Gasteiger charge is -2.33. The molecule has 1 aliphatic heterocycles. The first-order chi connectivity index (χ1) is 20.5. The van der Waals surface area contributed by atoms with Crippen LogP contribution in [-0.4, -0.2) is 29.2 Å². The van der Waals surface area contributed by atoms with E-state index in [1.165, 1.54) is 22.3 Å². The van der Waals surface area contributed by atoms with Crippen LogP contribution < -0.4 is 9.64 Å². The van der Waals surface area contributed by atoms with Gasteiger partial charge in [-0.1, -0.05) is 66.7 Å². The minimum absolute atomic E-state index is 0.105. The van der Waals surface area contributed by atoms with Crippen LogP contribution in [0.2, 0.25) is 0 Å². The van der Waals surface area contributed by atoms with Crippen molar-refractivity contribution in [2.75, 3.05) is 18.1 Å².